The maximum atomic E-state index is 13.4. The molecule has 2 aromatic carbocycles. The van der Waals surface area contributed by atoms with Crippen LogP contribution in [0.5, 0.6) is 0 Å². The van der Waals surface area contributed by atoms with E-state index in [9.17, 15) is 14.0 Å². The smallest absolute Gasteiger partial charge is 0.314 e. The van der Waals surface area contributed by atoms with Crippen molar-refractivity contribution in [3.8, 4) is 0 Å². The van der Waals surface area contributed by atoms with Crippen LogP contribution in [0.1, 0.15) is 5.56 Å². The lowest BCUT2D eigenvalue weighted by Crippen LogP contribution is -2.29. The Morgan fingerprint density at radius 2 is 1.71 bits per heavy atom. The summed E-state index contributed by atoms with van der Waals surface area (Å²) in [6.45, 7) is 1.86. The zero-order valence-electron chi connectivity index (χ0n) is 11.1. The maximum absolute atomic E-state index is 13.4. The van der Waals surface area contributed by atoms with Gasteiger partial charge in [0.15, 0.2) is 0 Å². The standard InChI is InChI=1S/C15H12BrFN2O2/c1-9-8-10(6-7-11(9)16)18-14(20)15(21)19-13-5-3-2-4-12(13)17/h2-8H,1H3,(H,18,20)(H,19,21). The van der Waals surface area contributed by atoms with E-state index in [-0.39, 0.29) is 5.69 Å². The second-order valence-electron chi connectivity index (χ2n) is 4.35. The first kappa shape index (κ1) is 15.2. The Morgan fingerprint density at radius 1 is 1.05 bits per heavy atom. The molecule has 0 radical (unpaired) electrons. The van der Waals surface area contributed by atoms with Crippen molar-refractivity contribution < 1.29 is 14.0 Å². The molecule has 0 atom stereocenters. The van der Waals surface area contributed by atoms with E-state index in [4.69, 9.17) is 0 Å². The molecule has 2 amide bonds. The summed E-state index contributed by atoms with van der Waals surface area (Å²) in [5, 5.41) is 4.68. The Balaban J connectivity index is 2.04. The predicted molar refractivity (Wildman–Crippen MR) is 82.5 cm³/mol. The van der Waals surface area contributed by atoms with Gasteiger partial charge in [-0.05, 0) is 42.8 Å². The number of benzene rings is 2. The predicted octanol–water partition coefficient (Wildman–Crippen LogP) is 3.47. The number of hydrogen-bond acceptors (Lipinski definition) is 2. The molecular formula is C15H12BrFN2O2. The average molecular weight is 351 g/mol. The molecule has 2 aromatic rings. The molecule has 21 heavy (non-hydrogen) atoms. The Morgan fingerprint density at radius 3 is 2.38 bits per heavy atom. The minimum absolute atomic E-state index is 0.0374. The number of carbonyl (C=O) groups excluding carboxylic acids is 2. The molecule has 0 aliphatic carbocycles. The Bertz CT molecular complexity index is 704. The lowest BCUT2D eigenvalue weighted by Gasteiger charge is -2.08. The highest BCUT2D eigenvalue weighted by atomic mass is 79.9. The van der Waals surface area contributed by atoms with Crippen LogP contribution in [0.25, 0.3) is 0 Å². The van der Waals surface area contributed by atoms with E-state index in [1.165, 1.54) is 18.2 Å². The Labute approximate surface area is 129 Å². The third kappa shape index (κ3) is 3.88. The fourth-order valence-corrected chi connectivity index (χ4v) is 1.90. The summed E-state index contributed by atoms with van der Waals surface area (Å²) in [6, 6.07) is 10.8. The summed E-state index contributed by atoms with van der Waals surface area (Å²) in [4.78, 5) is 23.5. The largest absolute Gasteiger partial charge is 0.318 e. The Hall–Kier alpha value is -2.21. The average Bonchev–Trinajstić information content (AvgIpc) is 2.45. The first-order chi connectivity index (χ1) is 9.97. The third-order valence-corrected chi connectivity index (χ3v) is 3.63. The molecule has 0 fully saturated rings. The molecule has 4 nitrogen and oxygen atoms in total. The van der Waals surface area contributed by atoms with Gasteiger partial charge in [0.05, 0.1) is 5.69 Å². The van der Waals surface area contributed by atoms with Gasteiger partial charge in [0, 0.05) is 10.2 Å². The van der Waals surface area contributed by atoms with E-state index >= 15 is 0 Å². The molecule has 6 heteroatoms. The highest BCUT2D eigenvalue weighted by molar-refractivity contribution is 9.10. The minimum atomic E-state index is -0.930. The number of amides is 2. The first-order valence-electron chi connectivity index (χ1n) is 6.10. The van der Waals surface area contributed by atoms with Crippen molar-refractivity contribution >= 4 is 39.1 Å². The molecule has 2 N–H and O–H groups in total. The highest BCUT2D eigenvalue weighted by Crippen LogP contribution is 2.20. The summed E-state index contributed by atoms with van der Waals surface area (Å²) in [6.07, 6.45) is 0. The van der Waals surface area contributed by atoms with Crippen LogP contribution in [0.2, 0.25) is 0 Å². The van der Waals surface area contributed by atoms with E-state index < -0.39 is 17.6 Å². The van der Waals surface area contributed by atoms with Crippen LogP contribution in [-0.2, 0) is 9.59 Å². The number of nitrogens with one attached hydrogen (secondary N) is 2. The number of halogens is 2. The fourth-order valence-electron chi connectivity index (χ4n) is 1.65. The van der Waals surface area contributed by atoms with Crippen LogP contribution in [0, 0.1) is 12.7 Å². The number of carbonyl (C=O) groups is 2. The van der Waals surface area contributed by atoms with Gasteiger partial charge in [-0.1, -0.05) is 28.1 Å². The second-order valence-corrected chi connectivity index (χ2v) is 5.21. The lowest BCUT2D eigenvalue weighted by atomic mass is 10.2. The van der Waals surface area contributed by atoms with Crippen LogP contribution >= 0.6 is 15.9 Å². The first-order valence-corrected chi connectivity index (χ1v) is 6.89. The van der Waals surface area contributed by atoms with Gasteiger partial charge in [-0.15, -0.1) is 0 Å². The van der Waals surface area contributed by atoms with Crippen LogP contribution in [0.3, 0.4) is 0 Å². The second kappa shape index (κ2) is 6.49. The van der Waals surface area contributed by atoms with Crippen LogP contribution in [-0.4, -0.2) is 11.8 Å². The zero-order valence-corrected chi connectivity index (χ0v) is 12.7. The van der Waals surface area contributed by atoms with Gasteiger partial charge < -0.3 is 10.6 Å². The number of para-hydroxylation sites is 1. The van der Waals surface area contributed by atoms with E-state index in [1.807, 2.05) is 6.92 Å². The van der Waals surface area contributed by atoms with Crippen molar-refractivity contribution in [3.05, 3.63) is 58.3 Å². The van der Waals surface area contributed by atoms with Gasteiger partial charge in [0.25, 0.3) is 0 Å². The van der Waals surface area contributed by atoms with Gasteiger partial charge >= 0.3 is 11.8 Å². The van der Waals surface area contributed by atoms with Gasteiger partial charge in [0.1, 0.15) is 5.82 Å². The third-order valence-electron chi connectivity index (χ3n) is 2.74. The monoisotopic (exact) mass is 350 g/mol. The SMILES string of the molecule is Cc1cc(NC(=O)C(=O)Nc2ccccc2F)ccc1Br. The summed E-state index contributed by atoms with van der Waals surface area (Å²) < 4.78 is 14.3. The van der Waals surface area contributed by atoms with Crippen LogP contribution in [0.15, 0.2) is 46.9 Å². The number of anilines is 2. The molecule has 2 rings (SSSR count). The fraction of sp³-hybridized carbons (Fsp3) is 0.0667. The molecule has 0 saturated heterocycles. The Kier molecular flexibility index (Phi) is 4.70. The summed E-state index contributed by atoms with van der Waals surface area (Å²) in [5.74, 6) is -2.39. The number of aryl methyl sites for hydroxylation is 1. The molecule has 0 saturated carbocycles. The van der Waals surface area contributed by atoms with E-state index in [2.05, 4.69) is 26.6 Å². The molecule has 0 aliphatic heterocycles. The van der Waals surface area contributed by atoms with Gasteiger partial charge in [0.2, 0.25) is 0 Å². The molecule has 0 unspecified atom stereocenters. The van der Waals surface area contributed by atoms with E-state index in [0.29, 0.717) is 5.69 Å². The van der Waals surface area contributed by atoms with Crippen molar-refractivity contribution in [2.45, 2.75) is 6.92 Å². The lowest BCUT2D eigenvalue weighted by molar-refractivity contribution is -0.133. The quantitative estimate of drug-likeness (QED) is 0.814. The van der Waals surface area contributed by atoms with Crippen molar-refractivity contribution in [1.29, 1.82) is 0 Å². The molecular weight excluding hydrogens is 339 g/mol. The summed E-state index contributed by atoms with van der Waals surface area (Å²) in [5.41, 5.74) is 1.37. The summed E-state index contributed by atoms with van der Waals surface area (Å²) in [7, 11) is 0. The molecule has 108 valence electrons. The van der Waals surface area contributed by atoms with Crippen molar-refractivity contribution in [2.24, 2.45) is 0 Å². The number of rotatable bonds is 2. The molecule has 0 aromatic heterocycles. The highest BCUT2D eigenvalue weighted by Gasteiger charge is 2.15. The normalized spacial score (nSPS) is 10.0. The van der Waals surface area contributed by atoms with Crippen molar-refractivity contribution in [3.63, 3.8) is 0 Å². The molecule has 0 heterocycles. The number of hydrogen-bond donors (Lipinski definition) is 2. The minimum Gasteiger partial charge on any atom is -0.318 e. The summed E-state index contributed by atoms with van der Waals surface area (Å²) >= 11 is 3.34. The van der Waals surface area contributed by atoms with E-state index in [0.717, 1.165) is 10.0 Å². The van der Waals surface area contributed by atoms with Crippen LogP contribution < -0.4 is 10.6 Å². The van der Waals surface area contributed by atoms with Crippen LogP contribution in [0.4, 0.5) is 15.8 Å². The maximum Gasteiger partial charge on any atom is 0.314 e. The van der Waals surface area contributed by atoms with Gasteiger partial charge in [-0.2, -0.15) is 0 Å². The molecule has 0 aliphatic rings. The molecule has 0 spiro atoms. The van der Waals surface area contributed by atoms with Crippen molar-refractivity contribution in [1.82, 2.24) is 0 Å². The van der Waals surface area contributed by atoms with Gasteiger partial charge in [-0.3, -0.25) is 9.59 Å². The van der Waals surface area contributed by atoms with Crippen molar-refractivity contribution in [2.75, 3.05) is 10.6 Å². The topological polar surface area (TPSA) is 58.2 Å². The van der Waals surface area contributed by atoms with E-state index in [1.54, 1.807) is 24.3 Å². The molecule has 0 bridgehead atoms. The van der Waals surface area contributed by atoms with Gasteiger partial charge in [-0.25, -0.2) is 4.39 Å². The zero-order chi connectivity index (χ0) is 15.4.